The first-order chi connectivity index (χ1) is 12.4. The number of carbonyl (C=O) groups is 2. The first-order valence-corrected chi connectivity index (χ1v) is 9.45. The van der Waals surface area contributed by atoms with Crippen molar-refractivity contribution < 1.29 is 33.8 Å². The van der Waals surface area contributed by atoms with Crippen LogP contribution < -0.4 is 20.1 Å². The highest BCUT2D eigenvalue weighted by atomic mass is 31.2. The van der Waals surface area contributed by atoms with E-state index in [1.807, 2.05) is 0 Å². The molecule has 1 atom stereocenters. The molecule has 0 fully saturated rings. The van der Waals surface area contributed by atoms with Crippen LogP contribution in [0.1, 0.15) is 6.42 Å². The molecule has 0 aromatic heterocycles. The minimum absolute atomic E-state index is 0.139. The molecular formula is C18H19O7P. The second-order valence-corrected chi connectivity index (χ2v) is 8.36. The molecule has 1 unspecified atom stereocenters. The van der Waals surface area contributed by atoms with Gasteiger partial charge >= 0.3 is 11.9 Å². The summed E-state index contributed by atoms with van der Waals surface area (Å²) < 4.78 is 24.8. The van der Waals surface area contributed by atoms with Crippen molar-refractivity contribution in [3.05, 3.63) is 48.5 Å². The van der Waals surface area contributed by atoms with Gasteiger partial charge in [0, 0.05) is 0 Å². The monoisotopic (exact) mass is 378 g/mol. The van der Waals surface area contributed by atoms with Gasteiger partial charge in [0.25, 0.3) is 0 Å². The largest absolute Gasteiger partial charge is 0.496 e. The van der Waals surface area contributed by atoms with Crippen molar-refractivity contribution >= 4 is 29.7 Å². The highest BCUT2D eigenvalue weighted by molar-refractivity contribution is 7.80. The molecule has 0 aliphatic carbocycles. The second-order valence-electron chi connectivity index (χ2n) is 5.45. The van der Waals surface area contributed by atoms with Crippen LogP contribution in [0.2, 0.25) is 0 Å². The van der Waals surface area contributed by atoms with Gasteiger partial charge in [-0.05, 0) is 24.3 Å². The molecule has 0 saturated carbocycles. The van der Waals surface area contributed by atoms with Crippen LogP contribution in [0.5, 0.6) is 11.5 Å². The van der Waals surface area contributed by atoms with Crippen molar-refractivity contribution in [3.63, 3.8) is 0 Å². The number of carboxylic acid groups (broad SMARTS) is 2. The highest BCUT2D eigenvalue weighted by Crippen LogP contribution is 2.54. The second kappa shape index (κ2) is 8.06. The molecular weight excluding hydrogens is 359 g/mol. The van der Waals surface area contributed by atoms with Crippen LogP contribution in [0.25, 0.3) is 0 Å². The third-order valence-electron chi connectivity index (χ3n) is 3.98. The van der Waals surface area contributed by atoms with Gasteiger partial charge in [0.15, 0.2) is 7.14 Å². The predicted molar refractivity (Wildman–Crippen MR) is 96.5 cm³/mol. The third kappa shape index (κ3) is 3.58. The molecule has 0 heterocycles. The van der Waals surface area contributed by atoms with E-state index in [-0.39, 0.29) is 22.1 Å². The van der Waals surface area contributed by atoms with Gasteiger partial charge in [-0.25, -0.2) is 0 Å². The van der Waals surface area contributed by atoms with Crippen molar-refractivity contribution in [2.75, 3.05) is 14.2 Å². The number of para-hydroxylation sites is 2. The van der Waals surface area contributed by atoms with E-state index in [9.17, 15) is 24.4 Å². The fourth-order valence-corrected chi connectivity index (χ4v) is 6.07. The first kappa shape index (κ1) is 19.5. The maximum atomic E-state index is 14.2. The molecule has 26 heavy (non-hydrogen) atoms. The van der Waals surface area contributed by atoms with E-state index < -0.39 is 31.2 Å². The standard InChI is InChI=1S/C18H19O7P/c1-24-12-7-3-5-9-14(12)26(23,16(18(21)22)11-17(19)20)15-10-6-4-8-13(15)25-2/h3-10,16H,11H2,1-2H3,(H,19,20)(H,21,22). The number of ether oxygens (including phenoxy) is 2. The summed E-state index contributed by atoms with van der Waals surface area (Å²) in [6.07, 6.45) is -0.803. The van der Waals surface area contributed by atoms with Crippen LogP contribution in [0.4, 0.5) is 0 Å². The van der Waals surface area contributed by atoms with Crippen LogP contribution in [0.3, 0.4) is 0 Å². The zero-order chi connectivity index (χ0) is 19.3. The van der Waals surface area contributed by atoms with E-state index in [2.05, 4.69) is 0 Å². The van der Waals surface area contributed by atoms with Crippen LogP contribution in [0.15, 0.2) is 48.5 Å². The molecule has 2 N–H and O–H groups in total. The molecule has 0 saturated heterocycles. The summed E-state index contributed by atoms with van der Waals surface area (Å²) in [5, 5.41) is 19.2. The molecule has 0 spiro atoms. The molecule has 2 aromatic rings. The molecule has 2 aromatic carbocycles. The van der Waals surface area contributed by atoms with Crippen LogP contribution in [0, 0.1) is 0 Å². The average molecular weight is 378 g/mol. The summed E-state index contributed by atoms with van der Waals surface area (Å²) in [5.41, 5.74) is -1.67. The predicted octanol–water partition coefficient (Wildman–Crippen LogP) is 1.95. The van der Waals surface area contributed by atoms with Crippen molar-refractivity contribution in [3.8, 4) is 11.5 Å². The van der Waals surface area contributed by atoms with Crippen molar-refractivity contribution in [2.24, 2.45) is 0 Å². The molecule has 8 heteroatoms. The van der Waals surface area contributed by atoms with Gasteiger partial charge < -0.3 is 24.3 Å². The Balaban J connectivity index is 2.87. The Bertz CT molecular complexity index is 811. The fraction of sp³-hybridized carbons (Fsp3) is 0.222. The lowest BCUT2D eigenvalue weighted by Gasteiger charge is -2.27. The lowest BCUT2D eigenvalue weighted by Crippen LogP contribution is -2.34. The molecule has 0 amide bonds. The number of hydrogen-bond donors (Lipinski definition) is 2. The smallest absolute Gasteiger partial charge is 0.315 e. The summed E-state index contributed by atoms with van der Waals surface area (Å²) in [6.45, 7) is 0. The summed E-state index contributed by atoms with van der Waals surface area (Å²) in [5.74, 6) is -2.38. The quantitative estimate of drug-likeness (QED) is 0.676. The number of aliphatic carboxylic acids is 2. The highest BCUT2D eigenvalue weighted by Gasteiger charge is 2.46. The molecule has 138 valence electrons. The Hall–Kier alpha value is -2.79. The lowest BCUT2D eigenvalue weighted by atomic mass is 10.3. The van der Waals surface area contributed by atoms with Crippen LogP contribution in [-0.4, -0.2) is 42.0 Å². The van der Waals surface area contributed by atoms with Gasteiger partial charge in [-0.15, -0.1) is 0 Å². The Morgan fingerprint density at radius 3 is 1.69 bits per heavy atom. The maximum absolute atomic E-state index is 14.2. The maximum Gasteiger partial charge on any atom is 0.315 e. The Morgan fingerprint density at radius 1 is 0.923 bits per heavy atom. The summed E-state index contributed by atoms with van der Waals surface area (Å²) in [7, 11) is -1.24. The van der Waals surface area contributed by atoms with E-state index in [1.165, 1.54) is 26.4 Å². The zero-order valence-corrected chi connectivity index (χ0v) is 15.2. The Morgan fingerprint density at radius 2 is 1.35 bits per heavy atom. The van der Waals surface area contributed by atoms with E-state index >= 15 is 0 Å². The summed E-state index contributed by atoms with van der Waals surface area (Å²) in [4.78, 5) is 23.2. The average Bonchev–Trinajstić information content (AvgIpc) is 2.65. The molecule has 0 bridgehead atoms. The van der Waals surface area contributed by atoms with Crippen molar-refractivity contribution in [1.29, 1.82) is 0 Å². The number of rotatable bonds is 8. The van der Waals surface area contributed by atoms with Gasteiger partial charge in [0.1, 0.15) is 17.2 Å². The normalized spacial score (nSPS) is 12.2. The van der Waals surface area contributed by atoms with Crippen molar-refractivity contribution in [2.45, 2.75) is 12.1 Å². The number of hydrogen-bond acceptors (Lipinski definition) is 5. The minimum Gasteiger partial charge on any atom is -0.496 e. The Kier molecular flexibility index (Phi) is 6.05. The topological polar surface area (TPSA) is 110 Å². The van der Waals surface area contributed by atoms with E-state index in [0.29, 0.717) is 0 Å². The van der Waals surface area contributed by atoms with Crippen LogP contribution in [-0.2, 0) is 14.2 Å². The zero-order valence-electron chi connectivity index (χ0n) is 14.3. The molecule has 0 radical (unpaired) electrons. The first-order valence-electron chi connectivity index (χ1n) is 7.67. The van der Waals surface area contributed by atoms with Gasteiger partial charge in [0.05, 0.1) is 31.2 Å². The molecule has 0 aliphatic heterocycles. The fourth-order valence-electron chi connectivity index (χ4n) is 2.81. The lowest BCUT2D eigenvalue weighted by molar-refractivity contribution is -0.143. The number of methoxy groups -OCH3 is 2. The summed E-state index contributed by atoms with van der Waals surface area (Å²) >= 11 is 0. The molecule has 0 aliphatic rings. The summed E-state index contributed by atoms with van der Waals surface area (Å²) in [6, 6.07) is 12.6. The van der Waals surface area contributed by atoms with Gasteiger partial charge in [-0.1, -0.05) is 24.3 Å². The van der Waals surface area contributed by atoms with Gasteiger partial charge in [0.2, 0.25) is 0 Å². The van der Waals surface area contributed by atoms with E-state index in [0.717, 1.165) is 0 Å². The number of benzene rings is 2. The molecule has 7 nitrogen and oxygen atoms in total. The van der Waals surface area contributed by atoms with Gasteiger partial charge in [-0.2, -0.15) is 0 Å². The number of carboxylic acids is 2. The van der Waals surface area contributed by atoms with Crippen LogP contribution >= 0.6 is 7.14 Å². The molecule has 2 rings (SSSR count). The third-order valence-corrected chi connectivity index (χ3v) is 7.43. The van der Waals surface area contributed by atoms with Crippen molar-refractivity contribution in [1.82, 2.24) is 0 Å². The minimum atomic E-state index is -3.98. The van der Waals surface area contributed by atoms with E-state index in [1.54, 1.807) is 36.4 Å². The van der Waals surface area contributed by atoms with E-state index in [4.69, 9.17) is 9.47 Å². The van der Waals surface area contributed by atoms with Gasteiger partial charge in [-0.3, -0.25) is 9.59 Å². The Labute approximate surface area is 150 Å². The SMILES string of the molecule is COc1ccccc1P(=O)(c1ccccc1OC)C(CC(=O)O)C(=O)O.